The molecule has 0 spiro atoms. The molecule has 0 unspecified atom stereocenters. The number of esters is 1. The summed E-state index contributed by atoms with van der Waals surface area (Å²) in [4.78, 5) is 12.1. The molecule has 3 heteroatoms. The van der Waals surface area contributed by atoms with E-state index in [1.807, 2.05) is 13.0 Å². The summed E-state index contributed by atoms with van der Waals surface area (Å²) in [6.45, 7) is 4.17. The summed E-state index contributed by atoms with van der Waals surface area (Å²) < 4.78 is 5.59. The van der Waals surface area contributed by atoms with Crippen molar-refractivity contribution in [1.29, 1.82) is 0 Å². The van der Waals surface area contributed by atoms with E-state index in [1.54, 1.807) is 12.1 Å². The number of hydrogen-bond acceptors (Lipinski definition) is 3. The molecule has 0 heterocycles. The van der Waals surface area contributed by atoms with Gasteiger partial charge in [0.1, 0.15) is 6.10 Å². The van der Waals surface area contributed by atoms with E-state index < -0.39 is 0 Å². The Morgan fingerprint density at radius 1 is 1.32 bits per heavy atom. The zero-order chi connectivity index (χ0) is 13.8. The molecule has 0 bridgehead atoms. The van der Waals surface area contributed by atoms with Crippen LogP contribution in [0.3, 0.4) is 0 Å². The van der Waals surface area contributed by atoms with Crippen LogP contribution in [0.5, 0.6) is 0 Å². The van der Waals surface area contributed by atoms with E-state index in [-0.39, 0.29) is 12.1 Å². The van der Waals surface area contributed by atoms with Gasteiger partial charge >= 0.3 is 5.97 Å². The van der Waals surface area contributed by atoms with Gasteiger partial charge in [0.15, 0.2) is 0 Å². The molecule has 3 nitrogen and oxygen atoms in total. The molecule has 1 aromatic rings. The van der Waals surface area contributed by atoms with Gasteiger partial charge in [0.05, 0.1) is 5.56 Å². The lowest BCUT2D eigenvalue weighted by Crippen LogP contribution is -2.24. The number of benzene rings is 1. The predicted molar refractivity (Wildman–Crippen MR) is 77.0 cm³/mol. The molecule has 1 aliphatic rings. The van der Waals surface area contributed by atoms with Gasteiger partial charge in [0, 0.05) is 5.69 Å². The molecule has 0 amide bonds. The Morgan fingerprint density at radius 3 is 2.63 bits per heavy atom. The van der Waals surface area contributed by atoms with Crippen molar-refractivity contribution in [1.82, 2.24) is 0 Å². The van der Waals surface area contributed by atoms with E-state index >= 15 is 0 Å². The lowest BCUT2D eigenvalue weighted by Gasteiger charge is -2.27. The highest BCUT2D eigenvalue weighted by molar-refractivity contribution is 5.95. The van der Waals surface area contributed by atoms with E-state index in [1.165, 1.54) is 6.42 Å². The number of carbonyl (C=O) groups is 1. The van der Waals surface area contributed by atoms with Gasteiger partial charge in [-0.05, 0) is 50.7 Å². The Labute approximate surface area is 115 Å². The van der Waals surface area contributed by atoms with Crippen LogP contribution in [0.15, 0.2) is 18.2 Å². The molecule has 0 aromatic heterocycles. The molecular formula is C16H23NO2. The average molecular weight is 261 g/mol. The van der Waals surface area contributed by atoms with Crippen molar-refractivity contribution in [3.8, 4) is 0 Å². The summed E-state index contributed by atoms with van der Waals surface area (Å²) >= 11 is 0. The second-order valence-electron chi connectivity index (χ2n) is 5.55. The molecule has 2 rings (SSSR count). The molecule has 19 heavy (non-hydrogen) atoms. The number of rotatable bonds is 3. The monoisotopic (exact) mass is 261 g/mol. The summed E-state index contributed by atoms with van der Waals surface area (Å²) in [5, 5.41) is 0. The molecule has 0 saturated heterocycles. The fourth-order valence-corrected chi connectivity index (χ4v) is 2.72. The normalized spacial score (nSPS) is 23.1. The topological polar surface area (TPSA) is 52.3 Å². The Kier molecular flexibility index (Phi) is 4.46. The van der Waals surface area contributed by atoms with Crippen LogP contribution < -0.4 is 5.73 Å². The highest BCUT2D eigenvalue weighted by Gasteiger charge is 2.24. The highest BCUT2D eigenvalue weighted by Crippen LogP contribution is 2.29. The number of carbonyl (C=O) groups excluding carboxylic acids is 1. The van der Waals surface area contributed by atoms with Crippen molar-refractivity contribution in [2.24, 2.45) is 5.92 Å². The Morgan fingerprint density at radius 2 is 2.00 bits per heavy atom. The van der Waals surface area contributed by atoms with Gasteiger partial charge in [-0.3, -0.25) is 0 Å². The quantitative estimate of drug-likeness (QED) is 0.666. The lowest BCUT2D eigenvalue weighted by atomic mass is 9.86. The number of nitrogens with two attached hydrogens (primary N) is 1. The minimum atomic E-state index is -0.277. The van der Waals surface area contributed by atoms with Gasteiger partial charge in [-0.25, -0.2) is 4.79 Å². The largest absolute Gasteiger partial charge is 0.459 e. The second kappa shape index (κ2) is 6.09. The maximum Gasteiger partial charge on any atom is 0.340 e. The zero-order valence-electron chi connectivity index (χ0n) is 11.8. The maximum atomic E-state index is 12.1. The standard InChI is InChI=1S/C16H23NO2/c1-3-12-5-7-13(8-6-12)19-16(18)14-10-11(2)4-9-15(14)17/h4,9-10,12-13H,3,5-8,17H2,1-2H3. The van der Waals surface area contributed by atoms with Crippen LogP contribution in [0, 0.1) is 12.8 Å². The molecule has 1 fully saturated rings. The fourth-order valence-electron chi connectivity index (χ4n) is 2.72. The van der Waals surface area contributed by atoms with Gasteiger partial charge in [-0.2, -0.15) is 0 Å². The van der Waals surface area contributed by atoms with Gasteiger partial charge in [0.2, 0.25) is 0 Å². The predicted octanol–water partition coefficient (Wildman–Crippen LogP) is 3.70. The molecule has 0 aliphatic heterocycles. The molecule has 2 N–H and O–H groups in total. The van der Waals surface area contributed by atoms with Gasteiger partial charge in [-0.1, -0.05) is 25.0 Å². The number of hydrogen-bond donors (Lipinski definition) is 1. The minimum Gasteiger partial charge on any atom is -0.459 e. The molecule has 1 aromatic carbocycles. The molecule has 0 radical (unpaired) electrons. The molecule has 1 aliphatic carbocycles. The Bertz CT molecular complexity index is 448. The average Bonchev–Trinajstić information content (AvgIpc) is 2.42. The van der Waals surface area contributed by atoms with Crippen LogP contribution in [0.2, 0.25) is 0 Å². The first-order valence-corrected chi connectivity index (χ1v) is 7.17. The van der Waals surface area contributed by atoms with Crippen LogP contribution >= 0.6 is 0 Å². The van der Waals surface area contributed by atoms with Crippen molar-refractivity contribution in [2.75, 3.05) is 5.73 Å². The van der Waals surface area contributed by atoms with Crippen molar-refractivity contribution >= 4 is 11.7 Å². The molecule has 0 atom stereocenters. The van der Waals surface area contributed by atoms with Crippen LogP contribution in [-0.2, 0) is 4.74 Å². The lowest BCUT2D eigenvalue weighted by molar-refractivity contribution is 0.0165. The van der Waals surface area contributed by atoms with Gasteiger partial charge in [-0.15, -0.1) is 0 Å². The third-order valence-corrected chi connectivity index (χ3v) is 4.07. The SMILES string of the molecule is CCC1CCC(OC(=O)c2cc(C)ccc2N)CC1. The maximum absolute atomic E-state index is 12.1. The van der Waals surface area contributed by atoms with E-state index in [4.69, 9.17) is 10.5 Å². The summed E-state index contributed by atoms with van der Waals surface area (Å²) in [5.74, 6) is 0.528. The number of ether oxygens (including phenoxy) is 1. The smallest absolute Gasteiger partial charge is 0.340 e. The van der Waals surface area contributed by atoms with Crippen molar-refractivity contribution in [3.63, 3.8) is 0 Å². The van der Waals surface area contributed by atoms with Gasteiger partial charge < -0.3 is 10.5 Å². The summed E-state index contributed by atoms with van der Waals surface area (Å²) in [6.07, 6.45) is 5.59. The number of nitrogen functional groups attached to an aromatic ring is 1. The first kappa shape index (κ1) is 13.9. The van der Waals surface area contributed by atoms with Gasteiger partial charge in [0.25, 0.3) is 0 Å². The van der Waals surface area contributed by atoms with E-state index in [0.29, 0.717) is 11.3 Å². The van der Waals surface area contributed by atoms with Crippen molar-refractivity contribution < 1.29 is 9.53 Å². The number of anilines is 1. The van der Waals surface area contributed by atoms with Crippen LogP contribution in [-0.4, -0.2) is 12.1 Å². The molecule has 1 saturated carbocycles. The minimum absolute atomic E-state index is 0.0650. The second-order valence-corrected chi connectivity index (χ2v) is 5.55. The van der Waals surface area contributed by atoms with Crippen LogP contribution in [0.25, 0.3) is 0 Å². The van der Waals surface area contributed by atoms with E-state index in [0.717, 1.165) is 37.2 Å². The third-order valence-electron chi connectivity index (χ3n) is 4.07. The summed E-state index contributed by atoms with van der Waals surface area (Å²) in [7, 11) is 0. The molecule has 104 valence electrons. The van der Waals surface area contributed by atoms with Crippen LogP contribution in [0.4, 0.5) is 5.69 Å². The first-order chi connectivity index (χ1) is 9.10. The van der Waals surface area contributed by atoms with Crippen molar-refractivity contribution in [3.05, 3.63) is 29.3 Å². The third kappa shape index (κ3) is 3.49. The van der Waals surface area contributed by atoms with Crippen LogP contribution in [0.1, 0.15) is 54.9 Å². The first-order valence-electron chi connectivity index (χ1n) is 7.17. The Hall–Kier alpha value is -1.51. The summed E-state index contributed by atoms with van der Waals surface area (Å²) in [5.41, 5.74) is 7.86. The summed E-state index contributed by atoms with van der Waals surface area (Å²) in [6, 6.07) is 5.47. The van der Waals surface area contributed by atoms with Crippen molar-refractivity contribution in [2.45, 2.75) is 52.1 Å². The fraction of sp³-hybridized carbons (Fsp3) is 0.562. The molecular weight excluding hydrogens is 238 g/mol. The highest BCUT2D eigenvalue weighted by atomic mass is 16.5. The van der Waals surface area contributed by atoms with E-state index in [2.05, 4.69) is 6.92 Å². The number of aryl methyl sites for hydroxylation is 1. The zero-order valence-corrected chi connectivity index (χ0v) is 11.8. The van der Waals surface area contributed by atoms with E-state index in [9.17, 15) is 4.79 Å². The Balaban J connectivity index is 1.96.